The second-order valence-electron chi connectivity index (χ2n) is 14.8. The number of carbonyl (C=O) groups is 4. The van der Waals surface area contributed by atoms with Gasteiger partial charge in [0.15, 0.2) is 0 Å². The summed E-state index contributed by atoms with van der Waals surface area (Å²) in [6, 6.07) is 17.2. The number of thiophene rings is 1. The quantitative estimate of drug-likeness (QED) is 0.220. The van der Waals surface area contributed by atoms with Crippen LogP contribution in [0.5, 0.6) is 0 Å². The lowest BCUT2D eigenvalue weighted by Gasteiger charge is -2.37. The number of hydrogen-bond acceptors (Lipinski definition) is 6. The minimum Gasteiger partial charge on any atom is -0.352 e. The van der Waals surface area contributed by atoms with Crippen LogP contribution in [-0.4, -0.2) is 72.3 Å². The Morgan fingerprint density at radius 2 is 1.63 bits per heavy atom. The molecule has 3 fully saturated rings. The Morgan fingerprint density at radius 1 is 0.898 bits per heavy atom. The molecule has 6 rings (SSSR count). The van der Waals surface area contributed by atoms with Crippen molar-refractivity contribution in [2.45, 2.75) is 114 Å². The normalized spacial score (nSPS) is 24.0. The van der Waals surface area contributed by atoms with Crippen LogP contribution in [0.2, 0.25) is 0 Å². The highest BCUT2D eigenvalue weighted by Gasteiger charge is 2.44. The van der Waals surface area contributed by atoms with E-state index >= 15 is 0 Å². The van der Waals surface area contributed by atoms with Crippen LogP contribution in [0.15, 0.2) is 54.6 Å². The number of aryl methyl sites for hydroxylation is 1. The molecule has 5 atom stereocenters. The molecule has 4 N–H and O–H groups in total. The molecule has 0 bridgehead atoms. The van der Waals surface area contributed by atoms with E-state index in [1.807, 2.05) is 61.5 Å². The number of nitrogens with zero attached hydrogens (tertiary/aromatic N) is 1. The van der Waals surface area contributed by atoms with Gasteiger partial charge in [-0.1, -0.05) is 73.7 Å². The summed E-state index contributed by atoms with van der Waals surface area (Å²) in [4.78, 5) is 57.8. The molecule has 3 saturated carbocycles. The minimum atomic E-state index is -1.08. The van der Waals surface area contributed by atoms with Crippen molar-refractivity contribution < 1.29 is 19.2 Å². The van der Waals surface area contributed by atoms with Gasteiger partial charge in [-0.25, -0.2) is 0 Å². The van der Waals surface area contributed by atoms with Gasteiger partial charge in [-0.3, -0.25) is 19.2 Å². The fourth-order valence-corrected chi connectivity index (χ4v) is 9.03. The van der Waals surface area contributed by atoms with Gasteiger partial charge in [0.1, 0.15) is 11.6 Å². The first-order chi connectivity index (χ1) is 23.6. The van der Waals surface area contributed by atoms with Crippen LogP contribution >= 0.6 is 11.3 Å². The summed E-state index contributed by atoms with van der Waals surface area (Å²) in [6.07, 6.45) is 9.40. The lowest BCUT2D eigenvalue weighted by atomic mass is 9.89. The van der Waals surface area contributed by atoms with Crippen LogP contribution in [0.3, 0.4) is 0 Å². The van der Waals surface area contributed by atoms with Gasteiger partial charge in [0, 0.05) is 35.2 Å². The van der Waals surface area contributed by atoms with Crippen LogP contribution in [-0.2, 0) is 20.8 Å². The number of likely N-dealkylation sites (N-methyl/N-ethyl adjacent to an activating group) is 1. The highest BCUT2D eigenvalue weighted by molar-refractivity contribution is 7.20. The van der Waals surface area contributed by atoms with Gasteiger partial charge in [0.25, 0.3) is 5.91 Å². The second kappa shape index (κ2) is 15.4. The van der Waals surface area contributed by atoms with Gasteiger partial charge in [-0.05, 0) is 89.0 Å². The molecule has 4 amide bonds. The predicted molar refractivity (Wildman–Crippen MR) is 194 cm³/mol. The summed E-state index contributed by atoms with van der Waals surface area (Å²) < 4.78 is 1.02. The monoisotopic (exact) mass is 685 g/mol. The molecule has 0 saturated heterocycles. The summed E-state index contributed by atoms with van der Waals surface area (Å²) in [5.74, 6) is -0.913. The number of carbonyl (C=O) groups excluding carboxylic acids is 4. The Hall–Kier alpha value is -3.76. The van der Waals surface area contributed by atoms with Crippen molar-refractivity contribution in [1.29, 1.82) is 0 Å². The largest absolute Gasteiger partial charge is 0.352 e. The van der Waals surface area contributed by atoms with Crippen molar-refractivity contribution in [1.82, 2.24) is 26.2 Å². The molecule has 9 nitrogen and oxygen atoms in total. The smallest absolute Gasteiger partial charge is 0.262 e. The van der Waals surface area contributed by atoms with E-state index in [1.54, 1.807) is 0 Å². The van der Waals surface area contributed by atoms with Crippen molar-refractivity contribution >= 4 is 45.1 Å². The standard InChI is InChI=1S/C39H51N5O4S/c1-25-14-16-26(17-15-25)22-31(36(46)40-29-19-18-28(23-29)35(45)41-30-11-5-6-12-32(30)44(2)3)42-38(48)39(20-8-9-21-39)43-37(47)34-24-27-10-4-7-13-33(27)49-34/h4,7,10,13-17,24,28-32H,5-6,8-9,11-12,18-23H2,1-3H3,(H,40,46)(H,41,45)(H,42,48)(H,43,47)/t28-,29+,30+,31-,32+/m1/s1. The topological polar surface area (TPSA) is 120 Å². The Morgan fingerprint density at radius 3 is 2.37 bits per heavy atom. The maximum absolute atomic E-state index is 14.1. The van der Waals surface area contributed by atoms with E-state index in [9.17, 15) is 19.2 Å². The first-order valence-corrected chi connectivity index (χ1v) is 18.9. The van der Waals surface area contributed by atoms with E-state index < -0.39 is 11.6 Å². The lowest BCUT2D eigenvalue weighted by molar-refractivity contribution is -0.132. The third kappa shape index (κ3) is 8.35. The molecule has 0 radical (unpaired) electrons. The number of fused-ring (bicyclic) bond motifs is 1. The highest BCUT2D eigenvalue weighted by atomic mass is 32.1. The molecule has 0 spiro atoms. The summed E-state index contributed by atoms with van der Waals surface area (Å²) in [5, 5.41) is 13.7. The van der Waals surface area contributed by atoms with Gasteiger partial charge >= 0.3 is 0 Å². The molecule has 3 aliphatic carbocycles. The lowest BCUT2D eigenvalue weighted by Crippen LogP contribution is -2.61. The summed E-state index contributed by atoms with van der Waals surface area (Å²) in [7, 11) is 4.16. The number of rotatable bonds is 11. The van der Waals surface area contributed by atoms with Gasteiger partial charge in [-0.15, -0.1) is 11.3 Å². The number of amides is 4. The van der Waals surface area contributed by atoms with Gasteiger partial charge in [0.2, 0.25) is 17.7 Å². The molecule has 0 unspecified atom stereocenters. The fraction of sp³-hybridized carbons (Fsp3) is 0.538. The van der Waals surface area contributed by atoms with Crippen LogP contribution in [0, 0.1) is 12.8 Å². The number of benzene rings is 2. The van der Waals surface area contributed by atoms with E-state index in [1.165, 1.54) is 17.8 Å². The van der Waals surface area contributed by atoms with Crippen LogP contribution < -0.4 is 21.3 Å². The first kappa shape index (κ1) is 35.1. The zero-order valence-electron chi connectivity index (χ0n) is 29.1. The van der Waals surface area contributed by atoms with Crippen molar-refractivity contribution in [3.63, 3.8) is 0 Å². The Balaban J connectivity index is 1.12. The molecule has 1 aromatic heterocycles. The molecule has 0 aliphatic heterocycles. The molecule has 3 aromatic rings. The molecular weight excluding hydrogens is 635 g/mol. The first-order valence-electron chi connectivity index (χ1n) is 18.0. The third-order valence-electron chi connectivity index (χ3n) is 10.9. The van der Waals surface area contributed by atoms with Crippen molar-refractivity contribution in [2.24, 2.45) is 5.92 Å². The van der Waals surface area contributed by atoms with E-state index in [0.29, 0.717) is 43.0 Å². The Labute approximate surface area is 294 Å². The van der Waals surface area contributed by atoms with Crippen molar-refractivity contribution in [3.05, 3.63) is 70.6 Å². The van der Waals surface area contributed by atoms with Gasteiger partial charge < -0.3 is 26.2 Å². The number of hydrogen-bond donors (Lipinski definition) is 4. The maximum atomic E-state index is 14.1. The summed E-state index contributed by atoms with van der Waals surface area (Å²) in [6.45, 7) is 2.01. The average molecular weight is 686 g/mol. The van der Waals surface area contributed by atoms with Crippen molar-refractivity contribution in [3.8, 4) is 0 Å². The second-order valence-corrected chi connectivity index (χ2v) is 15.8. The molecule has 2 aromatic carbocycles. The zero-order chi connectivity index (χ0) is 34.5. The van der Waals surface area contributed by atoms with Crippen LogP contribution in [0.25, 0.3) is 10.1 Å². The SMILES string of the molecule is Cc1ccc(C[C@@H](NC(=O)C2(NC(=O)c3cc4ccccc4s3)CCCC2)C(=O)N[C@H]2CC[C@@H](C(=O)N[C@H]3CCCC[C@@H]3N(C)C)C2)cc1. The molecule has 10 heteroatoms. The van der Waals surface area contributed by atoms with Gasteiger partial charge in [0.05, 0.1) is 4.88 Å². The van der Waals surface area contributed by atoms with E-state index in [0.717, 1.165) is 59.7 Å². The van der Waals surface area contributed by atoms with E-state index in [-0.39, 0.29) is 41.6 Å². The van der Waals surface area contributed by atoms with Crippen LogP contribution in [0.4, 0.5) is 0 Å². The van der Waals surface area contributed by atoms with Gasteiger partial charge in [-0.2, -0.15) is 0 Å². The summed E-state index contributed by atoms with van der Waals surface area (Å²) in [5.41, 5.74) is 0.967. The fourth-order valence-electron chi connectivity index (χ4n) is 8.08. The molecule has 49 heavy (non-hydrogen) atoms. The Kier molecular flexibility index (Phi) is 11.0. The third-order valence-corrected chi connectivity index (χ3v) is 12.1. The average Bonchev–Trinajstić information content (AvgIpc) is 3.86. The van der Waals surface area contributed by atoms with Crippen molar-refractivity contribution in [2.75, 3.05) is 14.1 Å². The molecule has 1 heterocycles. The highest BCUT2D eigenvalue weighted by Crippen LogP contribution is 2.33. The molecular formula is C39H51N5O4S. The van der Waals surface area contributed by atoms with E-state index in [4.69, 9.17) is 0 Å². The predicted octanol–water partition coefficient (Wildman–Crippen LogP) is 5.25. The Bertz CT molecular complexity index is 1610. The van der Waals surface area contributed by atoms with Crippen LogP contribution in [0.1, 0.15) is 91.4 Å². The molecule has 262 valence electrons. The maximum Gasteiger partial charge on any atom is 0.262 e. The zero-order valence-corrected chi connectivity index (χ0v) is 29.9. The molecule has 3 aliphatic rings. The summed E-state index contributed by atoms with van der Waals surface area (Å²) >= 11 is 1.41. The number of nitrogens with one attached hydrogen (secondary N) is 4. The minimum absolute atomic E-state index is 0.0811. The van der Waals surface area contributed by atoms with E-state index in [2.05, 4.69) is 40.3 Å².